The molecule has 2 rings (SSSR count). The molecule has 0 radical (unpaired) electrons. The summed E-state index contributed by atoms with van der Waals surface area (Å²) < 4.78 is 0. The maximum Gasteiger partial charge on any atom is 0.0990 e. The molecular weight excluding hydrogens is 228 g/mol. The topological polar surface area (TPSA) is 24.9 Å². The number of thiazole rings is 1. The van der Waals surface area contributed by atoms with E-state index < -0.39 is 0 Å². The second-order valence-electron chi connectivity index (χ2n) is 6.41. The highest BCUT2D eigenvalue weighted by atomic mass is 32.1. The Labute approximate surface area is 109 Å². The lowest BCUT2D eigenvalue weighted by atomic mass is 10.1. The molecular formula is C14H24N2S. The van der Waals surface area contributed by atoms with Crippen LogP contribution in [0.4, 0.5) is 0 Å². The fourth-order valence-electron chi connectivity index (χ4n) is 1.80. The molecule has 3 heteroatoms. The van der Waals surface area contributed by atoms with Crippen molar-refractivity contribution in [3.8, 4) is 0 Å². The molecule has 0 aromatic carbocycles. The zero-order valence-corrected chi connectivity index (χ0v) is 12.5. The first-order valence-corrected chi connectivity index (χ1v) is 7.40. The van der Waals surface area contributed by atoms with Gasteiger partial charge < -0.3 is 5.32 Å². The van der Waals surface area contributed by atoms with Crippen LogP contribution in [-0.4, -0.2) is 10.5 Å². The second kappa shape index (κ2) is 4.36. The minimum atomic E-state index is 0.179. The number of nitrogens with zero attached hydrogens (tertiary/aromatic N) is 1. The summed E-state index contributed by atoms with van der Waals surface area (Å²) in [6.07, 6.45) is 3.68. The molecule has 1 heterocycles. The predicted octanol–water partition coefficient (Wildman–Crippen LogP) is 3.65. The third-order valence-corrected chi connectivity index (χ3v) is 4.81. The van der Waals surface area contributed by atoms with Crippen LogP contribution in [0, 0.1) is 0 Å². The van der Waals surface area contributed by atoms with Crippen molar-refractivity contribution in [3.05, 3.63) is 15.6 Å². The molecule has 96 valence electrons. The van der Waals surface area contributed by atoms with Gasteiger partial charge in [0.15, 0.2) is 0 Å². The van der Waals surface area contributed by atoms with Crippen LogP contribution in [0.3, 0.4) is 0 Å². The van der Waals surface area contributed by atoms with Crippen LogP contribution < -0.4 is 5.32 Å². The molecule has 0 amide bonds. The van der Waals surface area contributed by atoms with E-state index in [0.717, 1.165) is 13.0 Å². The maximum atomic E-state index is 4.84. The van der Waals surface area contributed by atoms with Gasteiger partial charge in [0.25, 0.3) is 0 Å². The highest BCUT2D eigenvalue weighted by molar-refractivity contribution is 7.12. The summed E-state index contributed by atoms with van der Waals surface area (Å²) in [7, 11) is 0. The fourth-order valence-corrected chi connectivity index (χ4v) is 3.09. The molecule has 0 unspecified atom stereocenters. The smallest absolute Gasteiger partial charge is 0.0990 e. The van der Waals surface area contributed by atoms with E-state index in [1.54, 1.807) is 0 Å². The van der Waals surface area contributed by atoms with Gasteiger partial charge in [0.1, 0.15) is 0 Å². The summed E-state index contributed by atoms with van der Waals surface area (Å²) in [5, 5.41) is 4.93. The second-order valence-corrected chi connectivity index (χ2v) is 7.49. The van der Waals surface area contributed by atoms with Crippen LogP contribution in [0.2, 0.25) is 0 Å². The van der Waals surface area contributed by atoms with Gasteiger partial charge in [0.05, 0.1) is 10.7 Å². The predicted molar refractivity (Wildman–Crippen MR) is 74.7 cm³/mol. The molecule has 1 saturated carbocycles. The van der Waals surface area contributed by atoms with Crippen LogP contribution in [0.25, 0.3) is 0 Å². The standard InChI is InChI=1S/C14H24N2S/c1-6-10-11(9-15-13(2,3)4)17-12(16-10)14(5)7-8-14/h15H,6-9H2,1-5H3. The highest BCUT2D eigenvalue weighted by Crippen LogP contribution is 2.49. The van der Waals surface area contributed by atoms with Crippen molar-refractivity contribution in [1.82, 2.24) is 10.3 Å². The first-order valence-electron chi connectivity index (χ1n) is 6.58. The Morgan fingerprint density at radius 3 is 2.47 bits per heavy atom. The molecule has 0 bridgehead atoms. The SMILES string of the molecule is CCc1nc(C2(C)CC2)sc1CNC(C)(C)C. The molecule has 2 nitrogen and oxygen atoms in total. The minimum absolute atomic E-state index is 0.179. The summed E-state index contributed by atoms with van der Waals surface area (Å²) >= 11 is 1.92. The molecule has 1 aromatic heterocycles. The molecule has 1 fully saturated rings. The Morgan fingerprint density at radius 2 is 2.00 bits per heavy atom. The van der Waals surface area contributed by atoms with Crippen LogP contribution in [-0.2, 0) is 18.4 Å². The number of hydrogen-bond acceptors (Lipinski definition) is 3. The number of nitrogens with one attached hydrogen (secondary N) is 1. The van der Waals surface area contributed by atoms with Gasteiger partial charge in [-0.25, -0.2) is 4.98 Å². The number of aryl methyl sites for hydroxylation is 1. The monoisotopic (exact) mass is 252 g/mol. The van der Waals surface area contributed by atoms with E-state index in [1.807, 2.05) is 11.3 Å². The largest absolute Gasteiger partial charge is 0.307 e. The lowest BCUT2D eigenvalue weighted by Gasteiger charge is -2.20. The van der Waals surface area contributed by atoms with E-state index in [9.17, 15) is 0 Å². The van der Waals surface area contributed by atoms with Crippen LogP contribution in [0.15, 0.2) is 0 Å². The molecule has 0 aliphatic heterocycles. The van der Waals surface area contributed by atoms with E-state index in [0.29, 0.717) is 5.41 Å². The third kappa shape index (κ3) is 3.08. The molecule has 1 aliphatic rings. The number of hydrogen-bond donors (Lipinski definition) is 1. The average Bonchev–Trinajstić information content (AvgIpc) is 2.83. The molecule has 0 spiro atoms. The lowest BCUT2D eigenvalue weighted by molar-refractivity contribution is 0.425. The van der Waals surface area contributed by atoms with Gasteiger partial charge in [0.2, 0.25) is 0 Å². The molecule has 0 atom stereocenters. The van der Waals surface area contributed by atoms with Crippen LogP contribution >= 0.6 is 11.3 Å². The van der Waals surface area contributed by atoms with Crippen molar-refractivity contribution in [2.24, 2.45) is 0 Å². The van der Waals surface area contributed by atoms with Gasteiger partial charge in [-0.2, -0.15) is 0 Å². The highest BCUT2D eigenvalue weighted by Gasteiger charge is 2.42. The minimum Gasteiger partial charge on any atom is -0.307 e. The zero-order chi connectivity index (χ0) is 12.7. The van der Waals surface area contributed by atoms with Crippen LogP contribution in [0.5, 0.6) is 0 Å². The van der Waals surface area contributed by atoms with Crippen LogP contribution in [0.1, 0.15) is 63.0 Å². The van der Waals surface area contributed by atoms with E-state index >= 15 is 0 Å². The average molecular weight is 252 g/mol. The summed E-state index contributed by atoms with van der Waals surface area (Å²) in [5.74, 6) is 0. The molecule has 1 aromatic rings. The van der Waals surface area contributed by atoms with Gasteiger partial charge in [-0.3, -0.25) is 0 Å². The normalized spacial score (nSPS) is 18.4. The van der Waals surface area contributed by atoms with Crippen molar-refractivity contribution in [3.63, 3.8) is 0 Å². The summed E-state index contributed by atoms with van der Waals surface area (Å²) in [5.41, 5.74) is 1.89. The van der Waals surface area contributed by atoms with E-state index in [1.165, 1.54) is 28.4 Å². The van der Waals surface area contributed by atoms with Gasteiger partial charge in [-0.05, 0) is 40.0 Å². The Balaban J connectivity index is 2.13. The van der Waals surface area contributed by atoms with Crippen molar-refractivity contribution in [1.29, 1.82) is 0 Å². The van der Waals surface area contributed by atoms with Crippen molar-refractivity contribution < 1.29 is 0 Å². The summed E-state index contributed by atoms with van der Waals surface area (Å²) in [4.78, 5) is 6.28. The fraction of sp³-hybridized carbons (Fsp3) is 0.786. The van der Waals surface area contributed by atoms with Crippen molar-refractivity contribution in [2.45, 2.75) is 71.4 Å². The van der Waals surface area contributed by atoms with E-state index in [2.05, 4.69) is 39.9 Å². The Kier molecular flexibility index (Phi) is 3.34. The van der Waals surface area contributed by atoms with Crippen molar-refractivity contribution in [2.75, 3.05) is 0 Å². The Bertz CT molecular complexity index is 397. The van der Waals surface area contributed by atoms with Crippen molar-refractivity contribution >= 4 is 11.3 Å². The van der Waals surface area contributed by atoms with Gasteiger partial charge in [0, 0.05) is 22.4 Å². The molecule has 1 aliphatic carbocycles. The molecule has 0 saturated heterocycles. The van der Waals surface area contributed by atoms with Gasteiger partial charge in [-0.1, -0.05) is 13.8 Å². The summed E-state index contributed by atoms with van der Waals surface area (Å²) in [6, 6.07) is 0. The van der Waals surface area contributed by atoms with Gasteiger partial charge >= 0.3 is 0 Å². The van der Waals surface area contributed by atoms with Gasteiger partial charge in [-0.15, -0.1) is 11.3 Å². The summed E-state index contributed by atoms with van der Waals surface area (Å²) in [6.45, 7) is 12.1. The molecule has 1 N–H and O–H groups in total. The maximum absolute atomic E-state index is 4.84. The Hall–Kier alpha value is -0.410. The zero-order valence-electron chi connectivity index (χ0n) is 11.7. The Morgan fingerprint density at radius 1 is 1.35 bits per heavy atom. The van der Waals surface area contributed by atoms with E-state index in [4.69, 9.17) is 4.98 Å². The number of aromatic nitrogens is 1. The first-order chi connectivity index (χ1) is 7.84. The van der Waals surface area contributed by atoms with E-state index in [-0.39, 0.29) is 5.54 Å². The molecule has 17 heavy (non-hydrogen) atoms. The lowest BCUT2D eigenvalue weighted by Crippen LogP contribution is -2.35. The number of rotatable bonds is 4. The third-order valence-electron chi connectivity index (χ3n) is 3.41. The first kappa shape index (κ1) is 13.0. The quantitative estimate of drug-likeness (QED) is 0.885.